The second kappa shape index (κ2) is 15.8. The van der Waals surface area contributed by atoms with E-state index in [9.17, 15) is 19.5 Å². The Morgan fingerprint density at radius 2 is 1.85 bits per heavy atom. The van der Waals surface area contributed by atoms with E-state index in [-0.39, 0.29) is 18.1 Å². The van der Waals surface area contributed by atoms with Crippen LogP contribution in [0.25, 0.3) is 0 Å². The number of aromatic hydroxyl groups is 1. The SMILES string of the molecule is CCCc1c(OCCCCSc2nnc(NC(=O)CC(=O)OCc3ccc(OC)cc3)s2)ccc(C(C)=O)c1O. The molecule has 1 amide bonds. The van der Waals surface area contributed by atoms with E-state index >= 15 is 0 Å². The highest BCUT2D eigenvalue weighted by atomic mass is 32.2. The maximum atomic E-state index is 12.2. The molecule has 1 aromatic heterocycles. The van der Waals surface area contributed by atoms with Crippen molar-refractivity contribution in [2.45, 2.75) is 56.9 Å². The number of rotatable bonds is 16. The number of esters is 1. The topological polar surface area (TPSA) is 137 Å². The molecule has 0 aliphatic rings. The molecule has 0 unspecified atom stereocenters. The lowest BCUT2D eigenvalue weighted by molar-refractivity contribution is -0.146. The van der Waals surface area contributed by atoms with Gasteiger partial charge in [0.05, 0.1) is 19.3 Å². The van der Waals surface area contributed by atoms with Gasteiger partial charge in [-0.3, -0.25) is 19.7 Å². The summed E-state index contributed by atoms with van der Waals surface area (Å²) >= 11 is 2.75. The largest absolute Gasteiger partial charge is 0.507 e. The first-order chi connectivity index (χ1) is 19.3. The molecular formula is C28H33N3O7S2. The highest BCUT2D eigenvalue weighted by Gasteiger charge is 2.16. The van der Waals surface area contributed by atoms with Crippen molar-refractivity contribution in [2.75, 3.05) is 24.8 Å². The number of phenols is 1. The van der Waals surface area contributed by atoms with E-state index in [0.717, 1.165) is 30.6 Å². The van der Waals surface area contributed by atoms with E-state index in [0.29, 0.717) is 45.1 Å². The van der Waals surface area contributed by atoms with Crippen LogP contribution in [-0.4, -0.2) is 52.4 Å². The van der Waals surface area contributed by atoms with Crippen LogP contribution in [-0.2, 0) is 27.4 Å². The summed E-state index contributed by atoms with van der Waals surface area (Å²) < 4.78 is 16.8. The molecule has 0 spiro atoms. The molecule has 0 saturated heterocycles. The number of carbonyl (C=O) groups excluding carboxylic acids is 3. The first-order valence-electron chi connectivity index (χ1n) is 12.8. The summed E-state index contributed by atoms with van der Waals surface area (Å²) in [6.07, 6.45) is 2.66. The molecule has 2 aromatic carbocycles. The number of amides is 1. The highest BCUT2D eigenvalue weighted by Crippen LogP contribution is 2.33. The zero-order valence-electron chi connectivity index (χ0n) is 22.7. The number of benzene rings is 2. The van der Waals surface area contributed by atoms with Crippen LogP contribution in [0.2, 0.25) is 0 Å². The third kappa shape index (κ3) is 9.53. The lowest BCUT2D eigenvalue weighted by atomic mass is 10.0. The average molecular weight is 588 g/mol. The maximum Gasteiger partial charge on any atom is 0.315 e. The summed E-state index contributed by atoms with van der Waals surface area (Å²) in [5, 5.41) is 21.4. The van der Waals surface area contributed by atoms with Crippen LogP contribution in [0.4, 0.5) is 5.13 Å². The number of hydrogen-bond acceptors (Lipinski definition) is 11. The minimum absolute atomic E-state index is 0.00650. The summed E-state index contributed by atoms with van der Waals surface area (Å²) in [4.78, 5) is 35.9. The first-order valence-corrected chi connectivity index (χ1v) is 14.6. The molecule has 214 valence electrons. The Labute approximate surface area is 241 Å². The fourth-order valence-corrected chi connectivity index (χ4v) is 5.46. The predicted molar refractivity (Wildman–Crippen MR) is 154 cm³/mol. The minimum atomic E-state index is -0.638. The molecule has 3 rings (SSSR count). The van der Waals surface area contributed by atoms with Gasteiger partial charge in [0.2, 0.25) is 11.0 Å². The number of thioether (sulfide) groups is 1. The van der Waals surface area contributed by atoms with Crippen molar-refractivity contribution in [1.82, 2.24) is 10.2 Å². The van der Waals surface area contributed by atoms with Gasteiger partial charge in [-0.1, -0.05) is 48.6 Å². The zero-order valence-corrected chi connectivity index (χ0v) is 24.4. The van der Waals surface area contributed by atoms with Crippen LogP contribution >= 0.6 is 23.1 Å². The van der Waals surface area contributed by atoms with Crippen LogP contribution < -0.4 is 14.8 Å². The molecule has 0 saturated carbocycles. The second-order valence-electron chi connectivity index (χ2n) is 8.76. The third-order valence-corrected chi connectivity index (χ3v) is 7.72. The van der Waals surface area contributed by atoms with Gasteiger partial charge in [-0.05, 0) is 56.0 Å². The van der Waals surface area contributed by atoms with E-state index in [1.165, 1.54) is 30.0 Å². The summed E-state index contributed by atoms with van der Waals surface area (Å²) in [5.74, 6) is 0.755. The van der Waals surface area contributed by atoms with E-state index < -0.39 is 18.3 Å². The number of aromatic nitrogens is 2. The number of anilines is 1. The molecule has 3 aromatic rings. The number of ether oxygens (including phenoxy) is 3. The number of unbranched alkanes of at least 4 members (excludes halogenated alkanes) is 1. The van der Waals surface area contributed by atoms with Crippen molar-refractivity contribution in [3.63, 3.8) is 0 Å². The number of nitrogens with one attached hydrogen (secondary N) is 1. The van der Waals surface area contributed by atoms with Crippen LogP contribution in [0.3, 0.4) is 0 Å². The molecule has 12 heteroatoms. The lowest BCUT2D eigenvalue weighted by Crippen LogP contribution is -2.18. The molecule has 10 nitrogen and oxygen atoms in total. The number of carbonyl (C=O) groups is 3. The molecular weight excluding hydrogens is 554 g/mol. The molecule has 0 atom stereocenters. The lowest BCUT2D eigenvalue weighted by Gasteiger charge is -2.14. The quantitative estimate of drug-likeness (QED) is 0.0557. The van der Waals surface area contributed by atoms with Gasteiger partial charge < -0.3 is 19.3 Å². The standard InChI is InChI=1S/C28H33N3O7S2/c1-4-7-22-23(13-12-21(18(2)32)26(22)35)37-14-5-6-15-39-28-31-30-27(40-28)29-24(33)16-25(34)38-17-19-8-10-20(36-3)11-9-19/h8-13,35H,4-7,14-17H2,1-3H3,(H,29,30,33). The van der Waals surface area contributed by atoms with Gasteiger partial charge in [0.1, 0.15) is 30.3 Å². The summed E-state index contributed by atoms with van der Waals surface area (Å²) in [6, 6.07) is 10.4. The number of phenolic OH excluding ortho intramolecular Hbond substituents is 1. The van der Waals surface area contributed by atoms with Crippen molar-refractivity contribution >= 4 is 45.9 Å². The number of Topliss-reactive ketones (excluding diaryl/α,β-unsaturated/α-hetero) is 1. The Kier molecular flexibility index (Phi) is 12.2. The Morgan fingerprint density at radius 3 is 2.55 bits per heavy atom. The Morgan fingerprint density at radius 1 is 1.07 bits per heavy atom. The smallest absolute Gasteiger partial charge is 0.315 e. The van der Waals surface area contributed by atoms with Crippen molar-refractivity contribution in [3.8, 4) is 17.2 Å². The molecule has 1 heterocycles. The molecule has 0 aliphatic carbocycles. The second-order valence-corrected chi connectivity index (χ2v) is 11.1. The fourth-order valence-electron chi connectivity index (χ4n) is 3.62. The molecule has 0 fully saturated rings. The highest BCUT2D eigenvalue weighted by molar-refractivity contribution is 8.01. The van der Waals surface area contributed by atoms with Crippen LogP contribution in [0.1, 0.15) is 61.0 Å². The van der Waals surface area contributed by atoms with Gasteiger partial charge in [-0.2, -0.15) is 0 Å². The first kappa shape index (κ1) is 30.9. The Hall–Kier alpha value is -3.64. The van der Waals surface area contributed by atoms with Gasteiger partial charge >= 0.3 is 5.97 Å². The molecule has 2 N–H and O–H groups in total. The average Bonchev–Trinajstić information content (AvgIpc) is 3.38. The minimum Gasteiger partial charge on any atom is -0.507 e. The van der Waals surface area contributed by atoms with Gasteiger partial charge in [0.15, 0.2) is 10.1 Å². The fraction of sp³-hybridized carbons (Fsp3) is 0.393. The van der Waals surface area contributed by atoms with Crippen LogP contribution in [0.5, 0.6) is 17.2 Å². The van der Waals surface area contributed by atoms with Crippen molar-refractivity contribution < 1.29 is 33.7 Å². The third-order valence-electron chi connectivity index (χ3n) is 5.66. The van der Waals surface area contributed by atoms with Gasteiger partial charge in [0, 0.05) is 11.3 Å². The van der Waals surface area contributed by atoms with E-state index in [2.05, 4.69) is 15.5 Å². The summed E-state index contributed by atoms with van der Waals surface area (Å²) in [6.45, 7) is 3.97. The number of methoxy groups -OCH3 is 1. The van der Waals surface area contributed by atoms with Crippen LogP contribution in [0, 0.1) is 0 Å². The zero-order chi connectivity index (χ0) is 28.9. The van der Waals surface area contributed by atoms with Gasteiger partial charge in [-0.25, -0.2) is 0 Å². The normalized spacial score (nSPS) is 10.7. The summed E-state index contributed by atoms with van der Waals surface area (Å²) in [7, 11) is 1.57. The number of hydrogen-bond donors (Lipinski definition) is 2. The van der Waals surface area contributed by atoms with Gasteiger partial charge in [0.25, 0.3) is 0 Å². The molecule has 0 aliphatic heterocycles. The number of nitrogens with zero attached hydrogens (tertiary/aromatic N) is 2. The molecule has 0 bridgehead atoms. The predicted octanol–water partition coefficient (Wildman–Crippen LogP) is 5.43. The van der Waals surface area contributed by atoms with E-state index in [1.807, 2.05) is 6.92 Å². The van der Waals surface area contributed by atoms with Gasteiger partial charge in [-0.15, -0.1) is 10.2 Å². The monoisotopic (exact) mass is 587 g/mol. The maximum absolute atomic E-state index is 12.2. The van der Waals surface area contributed by atoms with Crippen molar-refractivity contribution in [2.24, 2.45) is 0 Å². The Balaban J connectivity index is 1.34. The van der Waals surface area contributed by atoms with Crippen molar-refractivity contribution in [3.05, 3.63) is 53.1 Å². The Bertz CT molecular complexity index is 1300. The summed E-state index contributed by atoms with van der Waals surface area (Å²) in [5.41, 5.74) is 1.76. The van der Waals surface area contributed by atoms with E-state index in [4.69, 9.17) is 14.2 Å². The van der Waals surface area contributed by atoms with Crippen molar-refractivity contribution in [1.29, 1.82) is 0 Å². The van der Waals surface area contributed by atoms with Crippen LogP contribution in [0.15, 0.2) is 40.7 Å². The molecule has 40 heavy (non-hydrogen) atoms. The molecule has 0 radical (unpaired) electrons. The number of ketones is 1. The van der Waals surface area contributed by atoms with E-state index in [1.54, 1.807) is 43.5 Å².